The van der Waals surface area contributed by atoms with Crippen molar-refractivity contribution in [2.45, 2.75) is 19.4 Å². The molecule has 0 aliphatic rings. The van der Waals surface area contributed by atoms with Gasteiger partial charge in [-0.15, -0.1) is 0 Å². The van der Waals surface area contributed by atoms with Crippen LogP contribution in [0.2, 0.25) is 0 Å². The Morgan fingerprint density at radius 3 is 2.36 bits per heavy atom. The summed E-state index contributed by atoms with van der Waals surface area (Å²) in [6.07, 6.45) is 0.405. The molecule has 0 aliphatic carbocycles. The van der Waals surface area contributed by atoms with E-state index in [-0.39, 0.29) is 12.6 Å². The minimum atomic E-state index is -0.888. The van der Waals surface area contributed by atoms with Gasteiger partial charge in [0.25, 0.3) is 0 Å². The van der Waals surface area contributed by atoms with Gasteiger partial charge in [0.05, 0.1) is 12.0 Å². The van der Waals surface area contributed by atoms with Crippen LogP contribution in [0.4, 0.5) is 0 Å². The van der Waals surface area contributed by atoms with E-state index in [4.69, 9.17) is 15.6 Å². The van der Waals surface area contributed by atoms with E-state index in [1.165, 1.54) is 7.11 Å². The van der Waals surface area contributed by atoms with Gasteiger partial charge in [0.15, 0.2) is 0 Å². The van der Waals surface area contributed by atoms with E-state index in [9.17, 15) is 4.79 Å². The van der Waals surface area contributed by atoms with Gasteiger partial charge < -0.3 is 15.6 Å². The molecule has 0 rings (SSSR count). The number of hydrogen-bond donors (Lipinski definition) is 2. The minimum Gasteiger partial charge on any atom is -0.481 e. The molecule has 2 atom stereocenters. The molecule has 66 valence electrons. The van der Waals surface area contributed by atoms with E-state index in [1.54, 1.807) is 0 Å². The quantitative estimate of drug-likeness (QED) is 0.598. The zero-order valence-corrected chi connectivity index (χ0v) is 6.91. The Balaban J connectivity index is 4.09. The molecule has 4 nitrogen and oxygen atoms in total. The molecule has 0 saturated heterocycles. The van der Waals surface area contributed by atoms with Crippen molar-refractivity contribution in [3.63, 3.8) is 0 Å². The Morgan fingerprint density at radius 1 is 1.73 bits per heavy atom. The summed E-state index contributed by atoms with van der Waals surface area (Å²) in [5.74, 6) is -1.47. The van der Waals surface area contributed by atoms with Crippen LogP contribution < -0.4 is 5.73 Å². The molecule has 0 amide bonds. The van der Waals surface area contributed by atoms with E-state index >= 15 is 0 Å². The van der Waals surface area contributed by atoms with Gasteiger partial charge in [-0.2, -0.15) is 0 Å². The van der Waals surface area contributed by atoms with Crippen LogP contribution in [0.25, 0.3) is 0 Å². The predicted octanol–water partition coefficient (Wildman–Crippen LogP) is 0.0709. The van der Waals surface area contributed by atoms with Crippen molar-refractivity contribution in [3.8, 4) is 0 Å². The highest BCUT2D eigenvalue weighted by atomic mass is 16.5. The van der Waals surface area contributed by atoms with E-state index in [2.05, 4.69) is 0 Å². The summed E-state index contributed by atoms with van der Waals surface area (Å²) in [6.45, 7) is 2.00. The molecule has 0 fully saturated rings. The molecule has 2 unspecified atom stereocenters. The normalized spacial score (nSPS) is 15.9. The van der Waals surface area contributed by atoms with E-state index < -0.39 is 11.9 Å². The SMILES string of the molecule is CCC(OC)C(CN)C(=O)O. The molecule has 0 aromatic carbocycles. The first kappa shape index (κ1) is 10.4. The lowest BCUT2D eigenvalue weighted by molar-refractivity contribution is -0.146. The summed E-state index contributed by atoms with van der Waals surface area (Å²) in [5, 5.41) is 8.65. The Morgan fingerprint density at radius 2 is 2.27 bits per heavy atom. The van der Waals surface area contributed by atoms with Gasteiger partial charge in [-0.25, -0.2) is 0 Å². The van der Waals surface area contributed by atoms with Gasteiger partial charge in [0.1, 0.15) is 0 Å². The van der Waals surface area contributed by atoms with Gasteiger partial charge in [0.2, 0.25) is 0 Å². The predicted molar refractivity (Wildman–Crippen MR) is 41.3 cm³/mol. The zero-order chi connectivity index (χ0) is 8.85. The molecule has 0 bridgehead atoms. The molecular formula is C7H15NO3. The van der Waals surface area contributed by atoms with Gasteiger partial charge in [-0.3, -0.25) is 4.79 Å². The van der Waals surface area contributed by atoms with Crippen LogP contribution in [0.15, 0.2) is 0 Å². The highest BCUT2D eigenvalue weighted by molar-refractivity contribution is 5.70. The summed E-state index contributed by atoms with van der Waals surface area (Å²) < 4.78 is 4.95. The van der Waals surface area contributed by atoms with Gasteiger partial charge >= 0.3 is 5.97 Å². The second-order valence-electron chi connectivity index (χ2n) is 2.36. The molecular weight excluding hydrogens is 146 g/mol. The average molecular weight is 161 g/mol. The van der Waals surface area contributed by atoms with Crippen molar-refractivity contribution >= 4 is 5.97 Å². The second-order valence-corrected chi connectivity index (χ2v) is 2.36. The fourth-order valence-corrected chi connectivity index (χ4v) is 1.03. The monoisotopic (exact) mass is 161 g/mol. The first-order valence-corrected chi connectivity index (χ1v) is 3.63. The highest BCUT2D eigenvalue weighted by Gasteiger charge is 2.24. The Hall–Kier alpha value is -0.610. The Kier molecular flexibility index (Phi) is 4.81. The molecule has 4 heteroatoms. The van der Waals surface area contributed by atoms with Crippen molar-refractivity contribution in [2.75, 3.05) is 13.7 Å². The van der Waals surface area contributed by atoms with Crippen LogP contribution in [-0.2, 0) is 9.53 Å². The average Bonchev–Trinajstić information content (AvgIpc) is 1.99. The van der Waals surface area contributed by atoms with Crippen molar-refractivity contribution < 1.29 is 14.6 Å². The number of aliphatic carboxylic acids is 1. The lowest BCUT2D eigenvalue weighted by Gasteiger charge is -2.19. The zero-order valence-electron chi connectivity index (χ0n) is 6.91. The highest BCUT2D eigenvalue weighted by Crippen LogP contribution is 2.09. The smallest absolute Gasteiger partial charge is 0.310 e. The summed E-state index contributed by atoms with van der Waals surface area (Å²) in [6, 6.07) is 0. The topological polar surface area (TPSA) is 72.5 Å². The Labute approximate surface area is 66.3 Å². The Bertz CT molecular complexity index is 123. The number of methoxy groups -OCH3 is 1. The van der Waals surface area contributed by atoms with Crippen LogP contribution in [0, 0.1) is 5.92 Å². The molecule has 0 heterocycles. The number of hydrogen-bond acceptors (Lipinski definition) is 3. The molecule has 0 spiro atoms. The molecule has 0 aromatic heterocycles. The third-order valence-electron chi connectivity index (χ3n) is 1.73. The largest absolute Gasteiger partial charge is 0.481 e. The third kappa shape index (κ3) is 2.86. The van der Waals surface area contributed by atoms with Crippen LogP contribution in [0.3, 0.4) is 0 Å². The summed E-state index contributed by atoms with van der Waals surface area (Å²) in [5.41, 5.74) is 5.26. The summed E-state index contributed by atoms with van der Waals surface area (Å²) >= 11 is 0. The number of nitrogens with two attached hydrogens (primary N) is 1. The minimum absolute atomic E-state index is 0.127. The number of carboxylic acid groups (broad SMARTS) is 1. The number of carbonyl (C=O) groups is 1. The molecule has 11 heavy (non-hydrogen) atoms. The first-order chi connectivity index (χ1) is 5.17. The van der Waals surface area contributed by atoms with Crippen LogP contribution >= 0.6 is 0 Å². The van der Waals surface area contributed by atoms with E-state index in [1.807, 2.05) is 6.92 Å². The lowest BCUT2D eigenvalue weighted by Crippen LogP contribution is -2.35. The maximum absolute atomic E-state index is 10.5. The number of rotatable bonds is 5. The third-order valence-corrected chi connectivity index (χ3v) is 1.73. The van der Waals surface area contributed by atoms with Crippen LogP contribution in [-0.4, -0.2) is 30.8 Å². The van der Waals surface area contributed by atoms with E-state index in [0.717, 1.165) is 0 Å². The fourth-order valence-electron chi connectivity index (χ4n) is 1.03. The maximum Gasteiger partial charge on any atom is 0.310 e. The summed E-state index contributed by atoms with van der Waals surface area (Å²) in [7, 11) is 1.50. The summed E-state index contributed by atoms with van der Waals surface area (Å²) in [4.78, 5) is 10.5. The van der Waals surface area contributed by atoms with Gasteiger partial charge in [0, 0.05) is 13.7 Å². The molecule has 3 N–H and O–H groups in total. The second kappa shape index (κ2) is 5.09. The molecule has 0 aliphatic heterocycles. The van der Waals surface area contributed by atoms with Crippen molar-refractivity contribution in [1.29, 1.82) is 0 Å². The fraction of sp³-hybridized carbons (Fsp3) is 0.857. The van der Waals surface area contributed by atoms with Crippen LogP contribution in [0.1, 0.15) is 13.3 Å². The van der Waals surface area contributed by atoms with Gasteiger partial charge in [-0.1, -0.05) is 6.92 Å². The van der Waals surface area contributed by atoms with Crippen molar-refractivity contribution in [3.05, 3.63) is 0 Å². The van der Waals surface area contributed by atoms with Crippen molar-refractivity contribution in [1.82, 2.24) is 0 Å². The number of carboxylic acids is 1. The lowest BCUT2D eigenvalue weighted by atomic mass is 10.0. The molecule has 0 saturated carbocycles. The first-order valence-electron chi connectivity index (χ1n) is 3.63. The van der Waals surface area contributed by atoms with E-state index in [0.29, 0.717) is 6.42 Å². The standard InChI is InChI=1S/C7H15NO3/c1-3-6(11-2)5(4-8)7(9)10/h5-6H,3-4,8H2,1-2H3,(H,9,10). The molecule has 0 aromatic rings. The van der Waals surface area contributed by atoms with Crippen molar-refractivity contribution in [2.24, 2.45) is 11.7 Å². The van der Waals surface area contributed by atoms with Gasteiger partial charge in [-0.05, 0) is 6.42 Å². The maximum atomic E-state index is 10.5. The molecule has 0 radical (unpaired) electrons. The number of ether oxygens (including phenoxy) is 1. The van der Waals surface area contributed by atoms with Crippen LogP contribution in [0.5, 0.6) is 0 Å².